The number of rotatable bonds is 5. The third kappa shape index (κ3) is 3.33. The lowest BCUT2D eigenvalue weighted by molar-refractivity contribution is -0.138. The number of aliphatic carboxylic acids is 1. The Morgan fingerprint density at radius 3 is 2.19 bits per heavy atom. The van der Waals surface area contributed by atoms with E-state index in [0.717, 1.165) is 23.1 Å². The van der Waals surface area contributed by atoms with Crippen molar-refractivity contribution in [3.8, 4) is 11.1 Å². The molecule has 21 heavy (non-hydrogen) atoms. The zero-order valence-corrected chi connectivity index (χ0v) is 12.9. The van der Waals surface area contributed by atoms with Gasteiger partial charge in [0.15, 0.2) is 0 Å². The molecule has 0 aliphatic carbocycles. The summed E-state index contributed by atoms with van der Waals surface area (Å²) in [6, 6.07) is 14.6. The van der Waals surface area contributed by atoms with Crippen LogP contribution in [0.1, 0.15) is 42.9 Å². The van der Waals surface area contributed by atoms with Crippen LogP contribution in [-0.2, 0) is 11.2 Å². The Bertz CT molecular complexity index is 627. The molecule has 0 aromatic heterocycles. The third-order valence-corrected chi connectivity index (χ3v) is 3.99. The Morgan fingerprint density at radius 1 is 1.05 bits per heavy atom. The summed E-state index contributed by atoms with van der Waals surface area (Å²) in [5.74, 6) is -1.15. The minimum absolute atomic E-state index is 0.410. The number of aryl methyl sites for hydroxylation is 2. The van der Waals surface area contributed by atoms with E-state index in [1.54, 1.807) is 0 Å². The molecule has 0 spiro atoms. The van der Waals surface area contributed by atoms with Gasteiger partial charge in [0.05, 0.1) is 5.92 Å². The van der Waals surface area contributed by atoms with Gasteiger partial charge in [0.25, 0.3) is 0 Å². The molecule has 2 aromatic carbocycles. The van der Waals surface area contributed by atoms with E-state index in [1.807, 2.05) is 19.1 Å². The highest BCUT2D eigenvalue weighted by molar-refractivity contribution is 5.77. The summed E-state index contributed by atoms with van der Waals surface area (Å²) in [4.78, 5) is 11.4. The maximum atomic E-state index is 11.4. The highest BCUT2D eigenvalue weighted by Gasteiger charge is 2.20. The van der Waals surface area contributed by atoms with Crippen LogP contribution >= 0.6 is 0 Å². The molecule has 2 aromatic rings. The van der Waals surface area contributed by atoms with Crippen molar-refractivity contribution in [1.82, 2.24) is 0 Å². The summed E-state index contributed by atoms with van der Waals surface area (Å²) in [6.45, 7) is 6.07. The second-order valence-electron chi connectivity index (χ2n) is 5.43. The van der Waals surface area contributed by atoms with E-state index >= 15 is 0 Å². The van der Waals surface area contributed by atoms with Crippen molar-refractivity contribution in [3.05, 3.63) is 59.2 Å². The number of carboxylic acid groups (broad SMARTS) is 1. The summed E-state index contributed by atoms with van der Waals surface area (Å²) < 4.78 is 0. The van der Waals surface area contributed by atoms with E-state index in [0.29, 0.717) is 6.42 Å². The second-order valence-corrected chi connectivity index (χ2v) is 5.43. The molecular formula is C19H22O2. The van der Waals surface area contributed by atoms with Gasteiger partial charge in [-0.3, -0.25) is 4.79 Å². The molecule has 1 N–H and O–H groups in total. The number of carbonyl (C=O) groups is 1. The summed E-state index contributed by atoms with van der Waals surface area (Å²) >= 11 is 0. The molecule has 0 aliphatic heterocycles. The van der Waals surface area contributed by atoms with Gasteiger partial charge in [-0.1, -0.05) is 61.9 Å². The molecule has 1 unspecified atom stereocenters. The largest absolute Gasteiger partial charge is 0.481 e. The monoisotopic (exact) mass is 282 g/mol. The summed E-state index contributed by atoms with van der Waals surface area (Å²) in [7, 11) is 0. The molecule has 0 saturated heterocycles. The zero-order valence-electron chi connectivity index (χ0n) is 12.9. The molecule has 0 heterocycles. The van der Waals surface area contributed by atoms with E-state index < -0.39 is 11.9 Å². The lowest BCUT2D eigenvalue weighted by Gasteiger charge is -2.16. The molecule has 2 rings (SSSR count). The normalized spacial score (nSPS) is 12.1. The average Bonchev–Trinajstić information content (AvgIpc) is 2.48. The molecule has 0 bridgehead atoms. The Balaban J connectivity index is 2.45. The summed E-state index contributed by atoms with van der Waals surface area (Å²) in [6.07, 6.45) is 1.46. The Kier molecular flexibility index (Phi) is 4.79. The minimum Gasteiger partial charge on any atom is -0.481 e. The van der Waals surface area contributed by atoms with Gasteiger partial charge in [-0.05, 0) is 42.0 Å². The van der Waals surface area contributed by atoms with Crippen LogP contribution in [0.2, 0.25) is 0 Å². The Labute approximate surface area is 126 Å². The molecular weight excluding hydrogens is 260 g/mol. The van der Waals surface area contributed by atoms with Gasteiger partial charge < -0.3 is 5.11 Å². The van der Waals surface area contributed by atoms with Gasteiger partial charge in [-0.25, -0.2) is 0 Å². The molecule has 2 nitrogen and oxygen atoms in total. The van der Waals surface area contributed by atoms with Crippen molar-refractivity contribution in [1.29, 1.82) is 0 Å². The van der Waals surface area contributed by atoms with Gasteiger partial charge >= 0.3 is 5.97 Å². The van der Waals surface area contributed by atoms with Gasteiger partial charge in [-0.15, -0.1) is 0 Å². The van der Waals surface area contributed by atoms with Gasteiger partial charge in [0.1, 0.15) is 0 Å². The van der Waals surface area contributed by atoms with E-state index in [9.17, 15) is 9.90 Å². The van der Waals surface area contributed by atoms with Crippen molar-refractivity contribution >= 4 is 5.97 Å². The van der Waals surface area contributed by atoms with Crippen molar-refractivity contribution in [2.24, 2.45) is 0 Å². The van der Waals surface area contributed by atoms with E-state index in [2.05, 4.69) is 44.2 Å². The van der Waals surface area contributed by atoms with Gasteiger partial charge in [0, 0.05) is 0 Å². The maximum absolute atomic E-state index is 11.4. The number of benzene rings is 2. The molecule has 1 atom stereocenters. The van der Waals surface area contributed by atoms with Crippen LogP contribution in [0.15, 0.2) is 42.5 Å². The maximum Gasteiger partial charge on any atom is 0.310 e. The first kappa shape index (κ1) is 15.3. The first-order chi connectivity index (χ1) is 10.1. The van der Waals surface area contributed by atoms with Crippen LogP contribution in [0.4, 0.5) is 0 Å². The molecule has 0 amide bonds. The summed E-state index contributed by atoms with van der Waals surface area (Å²) in [5, 5.41) is 9.36. The van der Waals surface area contributed by atoms with Crippen LogP contribution in [0.3, 0.4) is 0 Å². The predicted molar refractivity (Wildman–Crippen MR) is 86.7 cm³/mol. The number of hydrogen-bond donors (Lipinski definition) is 1. The first-order valence-electron chi connectivity index (χ1n) is 7.49. The predicted octanol–water partition coefficient (Wildman–Crippen LogP) is 4.80. The number of carboxylic acids is 1. The van der Waals surface area contributed by atoms with Crippen molar-refractivity contribution in [2.75, 3.05) is 0 Å². The molecule has 0 aliphatic rings. The van der Waals surface area contributed by atoms with Crippen LogP contribution < -0.4 is 0 Å². The van der Waals surface area contributed by atoms with Crippen LogP contribution in [0.25, 0.3) is 11.1 Å². The van der Waals surface area contributed by atoms with Gasteiger partial charge in [-0.2, -0.15) is 0 Å². The van der Waals surface area contributed by atoms with E-state index in [1.165, 1.54) is 11.1 Å². The number of hydrogen-bond acceptors (Lipinski definition) is 1. The van der Waals surface area contributed by atoms with Crippen LogP contribution in [0, 0.1) is 6.92 Å². The van der Waals surface area contributed by atoms with E-state index in [4.69, 9.17) is 0 Å². The molecule has 0 saturated carbocycles. The lowest BCUT2D eigenvalue weighted by atomic mass is 9.88. The lowest BCUT2D eigenvalue weighted by Crippen LogP contribution is -2.12. The fraction of sp³-hybridized carbons (Fsp3) is 0.316. The quantitative estimate of drug-likeness (QED) is 0.855. The first-order valence-corrected chi connectivity index (χ1v) is 7.49. The Morgan fingerprint density at radius 2 is 1.67 bits per heavy atom. The van der Waals surface area contributed by atoms with Gasteiger partial charge in [0.2, 0.25) is 0 Å². The SMILES string of the molecule is CCc1cc(-c2ccc(C)cc2)ccc1C(CC)C(=O)O. The third-order valence-electron chi connectivity index (χ3n) is 3.99. The standard InChI is InChI=1S/C19H22O2/c1-4-14-12-16(15-8-6-13(3)7-9-15)10-11-18(14)17(5-2)19(20)21/h6-12,17H,4-5H2,1-3H3,(H,20,21). The average molecular weight is 282 g/mol. The second kappa shape index (κ2) is 6.57. The highest BCUT2D eigenvalue weighted by Crippen LogP contribution is 2.29. The fourth-order valence-electron chi connectivity index (χ4n) is 2.71. The summed E-state index contributed by atoms with van der Waals surface area (Å²) in [5.41, 5.74) is 5.63. The van der Waals surface area contributed by atoms with Crippen LogP contribution in [0.5, 0.6) is 0 Å². The van der Waals surface area contributed by atoms with Crippen molar-refractivity contribution < 1.29 is 9.90 Å². The fourth-order valence-corrected chi connectivity index (χ4v) is 2.71. The highest BCUT2D eigenvalue weighted by atomic mass is 16.4. The minimum atomic E-state index is -0.740. The topological polar surface area (TPSA) is 37.3 Å². The van der Waals surface area contributed by atoms with Crippen LogP contribution in [-0.4, -0.2) is 11.1 Å². The zero-order chi connectivity index (χ0) is 15.4. The molecule has 0 radical (unpaired) electrons. The van der Waals surface area contributed by atoms with Crippen molar-refractivity contribution in [2.45, 2.75) is 39.5 Å². The Hall–Kier alpha value is -2.09. The molecule has 110 valence electrons. The van der Waals surface area contributed by atoms with E-state index in [-0.39, 0.29) is 0 Å². The molecule has 2 heteroatoms. The smallest absolute Gasteiger partial charge is 0.310 e. The van der Waals surface area contributed by atoms with Crippen molar-refractivity contribution in [3.63, 3.8) is 0 Å². The molecule has 0 fully saturated rings.